The molecule has 0 radical (unpaired) electrons. The normalized spacial score (nSPS) is 22.1. The molecule has 0 aliphatic carbocycles. The van der Waals surface area contributed by atoms with E-state index in [1.54, 1.807) is 36.9 Å². The van der Waals surface area contributed by atoms with E-state index in [2.05, 4.69) is 5.32 Å². The van der Waals surface area contributed by atoms with E-state index in [0.29, 0.717) is 48.5 Å². The summed E-state index contributed by atoms with van der Waals surface area (Å²) < 4.78 is 92.4. The number of fused-ring (bicyclic) bond motifs is 1. The van der Waals surface area contributed by atoms with Gasteiger partial charge in [0.2, 0.25) is 5.91 Å². The van der Waals surface area contributed by atoms with Gasteiger partial charge in [0, 0.05) is 36.9 Å². The quantitative estimate of drug-likeness (QED) is 0.335. The third-order valence-electron chi connectivity index (χ3n) is 8.81. The number of benzene rings is 2. The molecule has 3 aliphatic rings. The van der Waals surface area contributed by atoms with Crippen LogP contribution < -0.4 is 19.7 Å². The number of piperazine rings is 1. The maximum absolute atomic E-state index is 13.5. The number of halogens is 6. The smallest absolute Gasteiger partial charge is 0.430 e. The molecule has 0 aromatic heterocycles. The highest BCUT2D eigenvalue weighted by Crippen LogP contribution is 2.50. The van der Waals surface area contributed by atoms with Gasteiger partial charge in [0.25, 0.3) is 11.5 Å². The summed E-state index contributed by atoms with van der Waals surface area (Å²) in [6.07, 6.45) is -11.5. The van der Waals surface area contributed by atoms with Crippen LogP contribution in [0.3, 0.4) is 0 Å². The Kier molecular flexibility index (Phi) is 8.79. The standard InChI is InChI=1S/C31H34F6N4O6/c1-4-5-19-14-21(29(45,30(32,33)34)31(35,36)37)6-8-22(19)40-11-10-39(16-18(40)2)25(42)17-41-26(43)28(3,38-27(41)44)20-7-9-23-24(15-20)47-13-12-46-23/h6-9,14-15,18,45H,4-5,10-13,16-17H2,1-3H3,(H,38,44)/t18?,28-/m0/s1. The van der Waals surface area contributed by atoms with Gasteiger partial charge in [0.1, 0.15) is 25.3 Å². The number of urea groups is 1. The first-order chi connectivity index (χ1) is 21.9. The highest BCUT2D eigenvalue weighted by Gasteiger charge is 2.71. The van der Waals surface area contributed by atoms with Crippen molar-refractivity contribution in [2.24, 2.45) is 0 Å². The number of carbonyl (C=O) groups is 3. The van der Waals surface area contributed by atoms with Crippen molar-refractivity contribution in [2.75, 3.05) is 44.3 Å². The molecule has 16 heteroatoms. The lowest BCUT2D eigenvalue weighted by molar-refractivity contribution is -0.376. The second kappa shape index (κ2) is 12.1. The van der Waals surface area contributed by atoms with Crippen LogP contribution in [-0.2, 0) is 27.1 Å². The van der Waals surface area contributed by atoms with Crippen LogP contribution in [0.2, 0.25) is 0 Å². The SMILES string of the molecule is CCCc1cc(C(O)(C(F)(F)F)C(F)(F)F)ccc1N1CCN(C(=O)CN2C(=O)N[C@@](C)(c3ccc4c(c3)OCCO4)C2=O)CC1C. The molecule has 0 bridgehead atoms. The molecule has 47 heavy (non-hydrogen) atoms. The summed E-state index contributed by atoms with van der Waals surface area (Å²) in [4.78, 5) is 43.8. The Morgan fingerprint density at radius 1 is 1.00 bits per heavy atom. The highest BCUT2D eigenvalue weighted by atomic mass is 19.4. The minimum Gasteiger partial charge on any atom is -0.486 e. The van der Waals surface area contributed by atoms with Gasteiger partial charge in [-0.1, -0.05) is 31.5 Å². The Labute approximate surface area is 266 Å². The van der Waals surface area contributed by atoms with Gasteiger partial charge < -0.3 is 29.7 Å². The molecule has 2 aromatic carbocycles. The molecule has 2 atom stereocenters. The summed E-state index contributed by atoms with van der Waals surface area (Å²) in [7, 11) is 0. The largest absolute Gasteiger partial charge is 0.486 e. The average Bonchev–Trinajstić information content (AvgIpc) is 3.23. The molecule has 3 aliphatic heterocycles. The minimum absolute atomic E-state index is 0.101. The van der Waals surface area contributed by atoms with Crippen molar-refractivity contribution in [3.05, 3.63) is 53.1 Å². The van der Waals surface area contributed by atoms with Crippen LogP contribution in [0.5, 0.6) is 11.5 Å². The van der Waals surface area contributed by atoms with Crippen LogP contribution in [0.25, 0.3) is 0 Å². The van der Waals surface area contributed by atoms with Crippen molar-refractivity contribution in [2.45, 2.75) is 63.1 Å². The van der Waals surface area contributed by atoms with Crippen LogP contribution in [0.1, 0.15) is 43.9 Å². The van der Waals surface area contributed by atoms with Crippen molar-refractivity contribution < 1.29 is 55.3 Å². The lowest BCUT2D eigenvalue weighted by Gasteiger charge is -2.42. The first-order valence-electron chi connectivity index (χ1n) is 15.0. The van der Waals surface area contributed by atoms with Gasteiger partial charge >= 0.3 is 18.4 Å². The van der Waals surface area contributed by atoms with E-state index in [1.165, 1.54) is 11.8 Å². The molecule has 2 fully saturated rings. The molecule has 3 heterocycles. The Morgan fingerprint density at radius 2 is 1.66 bits per heavy atom. The zero-order chi connectivity index (χ0) is 34.5. The van der Waals surface area contributed by atoms with Crippen molar-refractivity contribution in [1.82, 2.24) is 15.1 Å². The van der Waals surface area contributed by atoms with Crippen LogP contribution in [0.15, 0.2) is 36.4 Å². The topological polar surface area (TPSA) is 112 Å². The van der Waals surface area contributed by atoms with Gasteiger partial charge in [-0.2, -0.15) is 26.3 Å². The van der Waals surface area contributed by atoms with Crippen LogP contribution >= 0.6 is 0 Å². The van der Waals surface area contributed by atoms with Crippen molar-refractivity contribution in [3.8, 4) is 11.5 Å². The number of carbonyl (C=O) groups excluding carboxylic acids is 3. The van der Waals surface area contributed by atoms with E-state index in [1.807, 2.05) is 0 Å². The summed E-state index contributed by atoms with van der Waals surface area (Å²) in [6, 6.07) is 6.16. The monoisotopic (exact) mass is 672 g/mol. The molecule has 2 saturated heterocycles. The predicted octanol–water partition coefficient (Wildman–Crippen LogP) is 4.23. The maximum Gasteiger partial charge on any atom is 0.430 e. The molecule has 2 aromatic rings. The van der Waals surface area contributed by atoms with E-state index < -0.39 is 59.5 Å². The van der Waals surface area contributed by atoms with E-state index in [-0.39, 0.29) is 31.6 Å². The molecular formula is C31H34F6N4O6. The van der Waals surface area contributed by atoms with E-state index in [0.717, 1.165) is 17.0 Å². The Balaban J connectivity index is 1.30. The summed E-state index contributed by atoms with van der Waals surface area (Å²) in [6.45, 7) is 5.50. The summed E-state index contributed by atoms with van der Waals surface area (Å²) in [5.41, 5.74) is -6.84. The number of nitrogens with one attached hydrogen (secondary N) is 1. The average molecular weight is 673 g/mol. The van der Waals surface area contributed by atoms with Gasteiger partial charge in [-0.3, -0.25) is 14.5 Å². The number of rotatable bonds is 7. The molecule has 1 unspecified atom stereocenters. The number of alkyl halides is 6. The first kappa shape index (κ1) is 34.1. The van der Waals surface area contributed by atoms with Crippen LogP contribution in [0.4, 0.5) is 36.8 Å². The zero-order valence-corrected chi connectivity index (χ0v) is 25.8. The second-order valence-corrected chi connectivity index (χ2v) is 12.0. The molecule has 0 saturated carbocycles. The summed E-state index contributed by atoms with van der Waals surface area (Å²) in [5.74, 6) is -0.230. The number of aliphatic hydroxyl groups is 1. The lowest BCUT2D eigenvalue weighted by atomic mass is 9.89. The number of aryl methyl sites for hydroxylation is 1. The fourth-order valence-electron chi connectivity index (χ4n) is 6.22. The van der Waals surface area contributed by atoms with E-state index in [4.69, 9.17) is 9.47 Å². The molecule has 5 rings (SSSR count). The van der Waals surface area contributed by atoms with Gasteiger partial charge in [0.15, 0.2) is 11.5 Å². The number of anilines is 1. The second-order valence-electron chi connectivity index (χ2n) is 12.0. The van der Waals surface area contributed by atoms with Crippen molar-refractivity contribution in [3.63, 3.8) is 0 Å². The molecule has 0 spiro atoms. The molecule has 4 amide bonds. The maximum atomic E-state index is 13.5. The molecule has 10 nitrogen and oxygen atoms in total. The lowest BCUT2D eigenvalue weighted by Crippen LogP contribution is -2.56. The minimum atomic E-state index is -6.01. The third-order valence-corrected chi connectivity index (χ3v) is 8.81. The van der Waals surface area contributed by atoms with Gasteiger partial charge in [-0.15, -0.1) is 0 Å². The molecular weight excluding hydrogens is 638 g/mol. The van der Waals surface area contributed by atoms with Gasteiger partial charge in [0.05, 0.1) is 0 Å². The predicted molar refractivity (Wildman–Crippen MR) is 155 cm³/mol. The molecule has 256 valence electrons. The number of amides is 4. The van der Waals surface area contributed by atoms with E-state index in [9.17, 15) is 45.8 Å². The number of ether oxygens (including phenoxy) is 2. The number of imide groups is 1. The number of hydrogen-bond acceptors (Lipinski definition) is 7. The summed E-state index contributed by atoms with van der Waals surface area (Å²) in [5, 5.41) is 12.6. The van der Waals surface area contributed by atoms with Crippen molar-refractivity contribution >= 4 is 23.5 Å². The fraction of sp³-hybridized carbons (Fsp3) is 0.516. The van der Waals surface area contributed by atoms with E-state index >= 15 is 0 Å². The number of nitrogens with zero attached hydrogens (tertiary/aromatic N) is 3. The Hall–Kier alpha value is -4.21. The fourth-order valence-corrected chi connectivity index (χ4v) is 6.22. The van der Waals surface area contributed by atoms with Crippen LogP contribution in [-0.4, -0.2) is 90.5 Å². The van der Waals surface area contributed by atoms with Crippen LogP contribution in [0, 0.1) is 0 Å². The zero-order valence-electron chi connectivity index (χ0n) is 25.8. The summed E-state index contributed by atoms with van der Waals surface area (Å²) >= 11 is 0. The highest BCUT2D eigenvalue weighted by molar-refractivity contribution is 6.09. The van der Waals surface area contributed by atoms with Gasteiger partial charge in [-0.25, -0.2) is 4.79 Å². The Morgan fingerprint density at radius 3 is 2.28 bits per heavy atom. The van der Waals surface area contributed by atoms with Gasteiger partial charge in [-0.05, 0) is 49.6 Å². The first-order valence-corrected chi connectivity index (χ1v) is 15.0. The number of hydrogen-bond donors (Lipinski definition) is 2. The molecule has 2 N–H and O–H groups in total. The third kappa shape index (κ3) is 5.91. The Bertz CT molecular complexity index is 1550. The van der Waals surface area contributed by atoms with Crippen molar-refractivity contribution in [1.29, 1.82) is 0 Å².